The lowest BCUT2D eigenvalue weighted by Gasteiger charge is -2.57. The number of amides is 1. The van der Waals surface area contributed by atoms with E-state index < -0.39 is 0 Å². The first-order valence-corrected chi connectivity index (χ1v) is 12.1. The van der Waals surface area contributed by atoms with E-state index in [1.165, 1.54) is 44.1 Å². The first kappa shape index (κ1) is 20.6. The number of allylic oxidation sites excluding steroid dienone is 1. The third kappa shape index (κ3) is 3.13. The van der Waals surface area contributed by atoms with Crippen molar-refractivity contribution in [1.82, 2.24) is 3.93 Å². The number of Topliss-reactive ketones (excluding diaryl/α,β-unsaturated/α-hetero) is 1. The standard InChI is InChI=1S/C24H36BrNO2/c1-15(2)14-26(25)22(28)21-19-8-7-16-17-6-5-11-23(17,3)12-9-18(16)24(19,4)13-10-20(21)27/h15-18H,5-14H2,1-4H3/t16-,17-,18+,23-,24+/m0/s1. The van der Waals surface area contributed by atoms with Crippen LogP contribution in [0.15, 0.2) is 11.1 Å². The van der Waals surface area contributed by atoms with Crippen molar-refractivity contribution in [3.05, 3.63) is 11.1 Å². The van der Waals surface area contributed by atoms with Crippen LogP contribution in [0.3, 0.4) is 0 Å². The predicted octanol–water partition coefficient (Wildman–Crippen LogP) is 6.07. The lowest BCUT2D eigenvalue weighted by molar-refractivity contribution is -0.128. The zero-order valence-corrected chi connectivity index (χ0v) is 19.6. The molecular weight excluding hydrogens is 414 g/mol. The molecule has 0 radical (unpaired) electrons. The number of ketones is 1. The molecule has 4 heteroatoms. The highest BCUT2D eigenvalue weighted by atomic mass is 79.9. The maximum Gasteiger partial charge on any atom is 0.267 e. The second-order valence-corrected chi connectivity index (χ2v) is 11.8. The van der Waals surface area contributed by atoms with E-state index in [2.05, 4.69) is 43.8 Å². The molecule has 0 bridgehead atoms. The van der Waals surface area contributed by atoms with Gasteiger partial charge in [-0.05, 0) is 85.0 Å². The second kappa shape index (κ2) is 7.25. The quantitative estimate of drug-likeness (QED) is 0.386. The van der Waals surface area contributed by atoms with Crippen molar-refractivity contribution in [2.45, 2.75) is 85.5 Å². The van der Waals surface area contributed by atoms with Gasteiger partial charge in [0, 0.05) is 13.0 Å². The predicted molar refractivity (Wildman–Crippen MR) is 116 cm³/mol. The Kier molecular flexibility index (Phi) is 5.34. The smallest absolute Gasteiger partial charge is 0.267 e. The normalized spacial score (nSPS) is 40.2. The average Bonchev–Trinajstić information content (AvgIpc) is 3.03. The van der Waals surface area contributed by atoms with Gasteiger partial charge in [0.15, 0.2) is 5.78 Å². The van der Waals surface area contributed by atoms with Crippen LogP contribution in [0.5, 0.6) is 0 Å². The van der Waals surface area contributed by atoms with Crippen LogP contribution in [0.4, 0.5) is 0 Å². The first-order chi connectivity index (χ1) is 13.2. The largest absolute Gasteiger partial charge is 0.294 e. The summed E-state index contributed by atoms with van der Waals surface area (Å²) in [5.74, 6) is 2.64. The number of carbonyl (C=O) groups is 2. The molecule has 5 atom stereocenters. The van der Waals surface area contributed by atoms with Crippen molar-refractivity contribution in [1.29, 1.82) is 0 Å². The van der Waals surface area contributed by atoms with E-state index in [-0.39, 0.29) is 17.1 Å². The fraction of sp³-hybridized carbons (Fsp3) is 0.833. The molecule has 0 N–H and O–H groups in total. The van der Waals surface area contributed by atoms with Gasteiger partial charge >= 0.3 is 0 Å². The fourth-order valence-corrected chi connectivity index (χ4v) is 8.24. The van der Waals surface area contributed by atoms with E-state index in [9.17, 15) is 9.59 Å². The molecule has 4 rings (SSSR count). The van der Waals surface area contributed by atoms with Crippen LogP contribution < -0.4 is 0 Å². The van der Waals surface area contributed by atoms with Crippen LogP contribution in [0.2, 0.25) is 0 Å². The average molecular weight is 450 g/mol. The monoisotopic (exact) mass is 449 g/mol. The number of rotatable bonds is 3. The second-order valence-electron chi connectivity index (χ2n) is 10.9. The summed E-state index contributed by atoms with van der Waals surface area (Å²) >= 11 is 3.45. The van der Waals surface area contributed by atoms with E-state index in [4.69, 9.17) is 0 Å². The lowest BCUT2D eigenvalue weighted by atomic mass is 9.47. The molecule has 1 amide bonds. The fourth-order valence-electron chi connectivity index (χ4n) is 7.48. The SMILES string of the molecule is CC(C)CN(Br)C(=O)C1=C2CC[C@@H]3[C@@H](CC[C@]4(C)CCC[C@@H]34)[C@@]2(C)CCC1=O. The van der Waals surface area contributed by atoms with Gasteiger partial charge in [-0.15, -0.1) is 0 Å². The zero-order valence-electron chi connectivity index (χ0n) is 18.0. The molecular formula is C24H36BrNO2. The van der Waals surface area contributed by atoms with Gasteiger partial charge in [0.1, 0.15) is 0 Å². The summed E-state index contributed by atoms with van der Waals surface area (Å²) < 4.78 is 1.60. The van der Waals surface area contributed by atoms with Crippen LogP contribution in [-0.2, 0) is 9.59 Å². The number of halogens is 1. The molecule has 0 aromatic rings. The number of fused-ring (bicyclic) bond motifs is 5. The summed E-state index contributed by atoms with van der Waals surface area (Å²) in [4.78, 5) is 26.1. The molecule has 0 unspecified atom stereocenters. The van der Waals surface area contributed by atoms with E-state index in [0.717, 1.165) is 24.7 Å². The molecule has 0 aromatic carbocycles. The van der Waals surface area contributed by atoms with Gasteiger partial charge in [0.2, 0.25) is 0 Å². The van der Waals surface area contributed by atoms with E-state index in [0.29, 0.717) is 35.8 Å². The highest BCUT2D eigenvalue weighted by molar-refractivity contribution is 9.07. The van der Waals surface area contributed by atoms with Gasteiger partial charge in [0.05, 0.1) is 21.7 Å². The van der Waals surface area contributed by atoms with Gasteiger partial charge in [-0.3, -0.25) is 13.5 Å². The van der Waals surface area contributed by atoms with Gasteiger partial charge < -0.3 is 0 Å². The minimum Gasteiger partial charge on any atom is -0.294 e. The van der Waals surface area contributed by atoms with Crippen LogP contribution in [0.1, 0.15) is 85.5 Å². The molecule has 3 saturated carbocycles. The highest BCUT2D eigenvalue weighted by Crippen LogP contribution is 2.65. The zero-order chi connectivity index (χ0) is 20.3. The molecule has 4 aliphatic rings. The molecule has 3 fully saturated rings. The summed E-state index contributed by atoms with van der Waals surface area (Å²) in [6, 6.07) is 0. The maximum atomic E-state index is 13.2. The Morgan fingerprint density at radius 2 is 1.86 bits per heavy atom. The summed E-state index contributed by atoms with van der Waals surface area (Å²) in [5, 5.41) is 0. The Labute approximate surface area is 179 Å². The summed E-state index contributed by atoms with van der Waals surface area (Å²) in [7, 11) is 0. The molecule has 0 saturated heterocycles. The van der Waals surface area contributed by atoms with E-state index in [1.807, 2.05) is 0 Å². The first-order valence-electron chi connectivity index (χ1n) is 11.4. The molecule has 28 heavy (non-hydrogen) atoms. The van der Waals surface area contributed by atoms with Crippen molar-refractivity contribution in [3.8, 4) is 0 Å². The topological polar surface area (TPSA) is 37.4 Å². The third-order valence-corrected chi connectivity index (χ3v) is 9.48. The minimum absolute atomic E-state index is 0.0391. The van der Waals surface area contributed by atoms with Gasteiger partial charge in [-0.1, -0.05) is 34.1 Å². The van der Waals surface area contributed by atoms with Gasteiger partial charge in [-0.25, -0.2) is 0 Å². The van der Waals surface area contributed by atoms with Gasteiger partial charge in [-0.2, -0.15) is 0 Å². The van der Waals surface area contributed by atoms with Crippen LogP contribution in [0, 0.1) is 34.5 Å². The third-order valence-electron chi connectivity index (χ3n) is 8.87. The Balaban J connectivity index is 1.69. The molecule has 3 nitrogen and oxygen atoms in total. The Bertz CT molecular complexity index is 713. The number of hydrogen-bond acceptors (Lipinski definition) is 2. The van der Waals surface area contributed by atoms with Gasteiger partial charge in [0.25, 0.3) is 5.91 Å². The molecule has 0 aromatic heterocycles. The maximum absolute atomic E-state index is 13.2. The van der Waals surface area contributed by atoms with Crippen LogP contribution >= 0.6 is 16.1 Å². The van der Waals surface area contributed by atoms with Crippen molar-refractivity contribution < 1.29 is 9.59 Å². The number of nitrogens with zero attached hydrogens (tertiary/aromatic N) is 1. The number of hydrogen-bond donors (Lipinski definition) is 0. The molecule has 4 aliphatic carbocycles. The minimum atomic E-state index is -0.0976. The van der Waals surface area contributed by atoms with Crippen molar-refractivity contribution in [2.24, 2.45) is 34.5 Å². The van der Waals surface area contributed by atoms with Crippen molar-refractivity contribution in [2.75, 3.05) is 6.54 Å². The summed E-state index contributed by atoms with van der Waals surface area (Å²) in [6.45, 7) is 9.74. The molecule has 0 aliphatic heterocycles. The Morgan fingerprint density at radius 1 is 1.11 bits per heavy atom. The lowest BCUT2D eigenvalue weighted by Crippen LogP contribution is -2.50. The van der Waals surface area contributed by atoms with E-state index in [1.54, 1.807) is 3.93 Å². The van der Waals surface area contributed by atoms with Crippen molar-refractivity contribution in [3.63, 3.8) is 0 Å². The summed E-state index contributed by atoms with van der Waals surface area (Å²) in [6.07, 6.45) is 10.4. The van der Waals surface area contributed by atoms with Crippen LogP contribution in [-0.4, -0.2) is 22.2 Å². The summed E-state index contributed by atoms with van der Waals surface area (Å²) in [5.41, 5.74) is 2.32. The molecule has 0 heterocycles. The molecule has 156 valence electrons. The van der Waals surface area contributed by atoms with E-state index >= 15 is 0 Å². The van der Waals surface area contributed by atoms with Crippen molar-refractivity contribution >= 4 is 27.8 Å². The Morgan fingerprint density at radius 3 is 2.57 bits per heavy atom. The Hall–Kier alpha value is -0.640. The van der Waals surface area contributed by atoms with Crippen LogP contribution in [0.25, 0.3) is 0 Å². The highest BCUT2D eigenvalue weighted by Gasteiger charge is 2.57. The molecule has 0 spiro atoms. The number of carbonyl (C=O) groups excluding carboxylic acids is 2.